The van der Waals surface area contributed by atoms with Crippen LogP contribution in [0.3, 0.4) is 0 Å². The van der Waals surface area contributed by atoms with Crippen molar-refractivity contribution in [3.8, 4) is 16.9 Å². The Morgan fingerprint density at radius 2 is 2.07 bits per heavy atom. The quantitative estimate of drug-likeness (QED) is 0.493. The molecule has 7 heteroatoms. The summed E-state index contributed by atoms with van der Waals surface area (Å²) in [5.41, 5.74) is 5.47. The summed E-state index contributed by atoms with van der Waals surface area (Å²) in [7, 11) is 0. The Labute approximate surface area is 176 Å². The molecule has 0 saturated carbocycles. The van der Waals surface area contributed by atoms with Gasteiger partial charge in [0.1, 0.15) is 11.6 Å². The number of nitrogens with zero attached hydrogens (tertiary/aromatic N) is 2. The van der Waals surface area contributed by atoms with Gasteiger partial charge in [0.25, 0.3) is 0 Å². The van der Waals surface area contributed by atoms with Crippen molar-refractivity contribution in [1.82, 2.24) is 15.5 Å². The Balaban J connectivity index is 1.46. The molecular weight excluding hydrogens is 405 g/mol. The lowest BCUT2D eigenvalue weighted by atomic mass is 9.97. The molecule has 2 aromatic carbocycles. The summed E-state index contributed by atoms with van der Waals surface area (Å²) in [6.07, 6.45) is 2.94. The monoisotopic (exact) mass is 421 g/mol. The number of hydrogen-bond donors (Lipinski definition) is 1. The highest BCUT2D eigenvalue weighted by Gasteiger charge is 2.34. The highest BCUT2D eigenvalue weighted by molar-refractivity contribution is 6.31. The van der Waals surface area contributed by atoms with Crippen molar-refractivity contribution in [3.63, 3.8) is 0 Å². The summed E-state index contributed by atoms with van der Waals surface area (Å²) in [5.74, 6) is 1.23. The topological polar surface area (TPSA) is 60.2 Å². The van der Waals surface area contributed by atoms with Crippen LogP contribution in [0, 0.1) is 5.82 Å². The van der Waals surface area contributed by atoms with Crippen LogP contribution in [0.25, 0.3) is 22.0 Å². The van der Waals surface area contributed by atoms with E-state index in [0.717, 1.165) is 64.4 Å². The zero-order chi connectivity index (χ0) is 20.2. The second-order valence-electron chi connectivity index (χ2n) is 7.67. The normalized spacial score (nSPS) is 17.6. The molecule has 6 rings (SSSR count). The average molecular weight is 422 g/mol. The molecule has 0 amide bonds. The van der Waals surface area contributed by atoms with Crippen LogP contribution in [-0.4, -0.2) is 16.7 Å². The Bertz CT molecular complexity index is 1300. The molecule has 30 heavy (non-hydrogen) atoms. The number of ether oxygens (including phenoxy) is 1. The molecule has 0 unspecified atom stereocenters. The number of nitrogens with one attached hydrogen (secondary N) is 1. The second-order valence-corrected chi connectivity index (χ2v) is 8.11. The third-order valence-electron chi connectivity index (χ3n) is 5.82. The van der Waals surface area contributed by atoms with Gasteiger partial charge >= 0.3 is 0 Å². The van der Waals surface area contributed by atoms with Crippen molar-refractivity contribution in [2.75, 3.05) is 6.54 Å². The lowest BCUT2D eigenvalue weighted by Crippen LogP contribution is -2.24. The van der Waals surface area contributed by atoms with E-state index in [1.807, 2.05) is 18.2 Å². The van der Waals surface area contributed by atoms with E-state index in [1.54, 1.807) is 12.3 Å². The minimum atomic E-state index is -0.316. The van der Waals surface area contributed by atoms with E-state index in [-0.39, 0.29) is 11.9 Å². The summed E-state index contributed by atoms with van der Waals surface area (Å²) in [6, 6.07) is 10.3. The van der Waals surface area contributed by atoms with E-state index >= 15 is 0 Å². The van der Waals surface area contributed by atoms with Gasteiger partial charge in [0.15, 0.2) is 11.9 Å². The molecule has 2 aliphatic rings. The Kier molecular flexibility index (Phi) is 4.04. The summed E-state index contributed by atoms with van der Waals surface area (Å²) in [6.45, 7) is 1.64. The molecular formula is C23H17ClFN3O2. The first-order valence-electron chi connectivity index (χ1n) is 9.89. The van der Waals surface area contributed by atoms with Crippen LogP contribution in [0.5, 0.6) is 5.75 Å². The third kappa shape index (κ3) is 2.79. The van der Waals surface area contributed by atoms with Gasteiger partial charge in [-0.3, -0.25) is 4.98 Å². The molecule has 0 radical (unpaired) electrons. The Morgan fingerprint density at radius 3 is 3.00 bits per heavy atom. The predicted molar refractivity (Wildman–Crippen MR) is 111 cm³/mol. The molecule has 5 nitrogen and oxygen atoms in total. The summed E-state index contributed by atoms with van der Waals surface area (Å²) >= 11 is 6.47. The van der Waals surface area contributed by atoms with Crippen LogP contribution < -0.4 is 10.1 Å². The number of benzene rings is 2. The minimum Gasteiger partial charge on any atom is -0.481 e. The van der Waals surface area contributed by atoms with Gasteiger partial charge in [0, 0.05) is 65.3 Å². The molecule has 4 aromatic rings. The van der Waals surface area contributed by atoms with Gasteiger partial charge in [-0.15, -0.1) is 0 Å². The van der Waals surface area contributed by atoms with Gasteiger partial charge in [-0.25, -0.2) is 4.39 Å². The van der Waals surface area contributed by atoms with E-state index in [0.29, 0.717) is 17.0 Å². The fraction of sp³-hybridized carbons (Fsp3) is 0.217. The summed E-state index contributed by atoms with van der Waals surface area (Å²) in [5, 5.41) is 9.09. The van der Waals surface area contributed by atoms with E-state index in [9.17, 15) is 4.39 Å². The van der Waals surface area contributed by atoms with E-state index in [2.05, 4.69) is 15.5 Å². The second kappa shape index (κ2) is 6.79. The molecule has 0 spiro atoms. The maximum absolute atomic E-state index is 13.7. The van der Waals surface area contributed by atoms with Crippen LogP contribution in [0.4, 0.5) is 4.39 Å². The fourth-order valence-corrected chi connectivity index (χ4v) is 4.68. The fourth-order valence-electron chi connectivity index (χ4n) is 4.44. The number of fused-ring (bicyclic) bond motifs is 3. The molecule has 0 bridgehead atoms. The molecule has 0 aliphatic carbocycles. The molecule has 4 heterocycles. The standard InChI is InChI=1S/C23H17ClFN3O2/c24-13-7-12-8-21(23-18-11-26-5-4-19(18)28-30-23)29-22(12)17(9-13)15-3-6-27-20-10-14(25)1-2-16(15)20/h1-3,6-7,9-10,21,26H,4-5,8,11H2/t21-/m1/s1. The van der Waals surface area contributed by atoms with Crippen molar-refractivity contribution >= 4 is 22.5 Å². The van der Waals surface area contributed by atoms with Crippen LogP contribution in [0.2, 0.25) is 5.02 Å². The average Bonchev–Trinajstić information content (AvgIpc) is 3.36. The SMILES string of the molecule is Fc1ccc2c(-c3cc(Cl)cc4c3O[C@@H](c3onc5c3CNCC5)C4)ccnc2c1. The first-order chi connectivity index (χ1) is 14.7. The number of halogens is 2. The van der Waals surface area contributed by atoms with Gasteiger partial charge in [0.05, 0.1) is 11.2 Å². The molecule has 0 saturated heterocycles. The summed E-state index contributed by atoms with van der Waals surface area (Å²) < 4.78 is 25.8. The molecule has 1 atom stereocenters. The van der Waals surface area contributed by atoms with Crippen molar-refractivity contribution in [3.05, 3.63) is 76.0 Å². The number of pyridine rings is 1. The van der Waals surface area contributed by atoms with Crippen molar-refractivity contribution < 1.29 is 13.7 Å². The lowest BCUT2D eigenvalue weighted by Gasteiger charge is -2.15. The molecule has 0 fully saturated rings. The zero-order valence-corrected chi connectivity index (χ0v) is 16.7. The molecule has 1 N–H and O–H groups in total. The van der Waals surface area contributed by atoms with Crippen molar-refractivity contribution in [2.45, 2.75) is 25.5 Å². The molecule has 2 aliphatic heterocycles. The third-order valence-corrected chi connectivity index (χ3v) is 6.04. The van der Waals surface area contributed by atoms with E-state index in [1.165, 1.54) is 12.1 Å². The van der Waals surface area contributed by atoms with Gasteiger partial charge in [-0.2, -0.15) is 0 Å². The Hall–Kier alpha value is -2.96. The largest absolute Gasteiger partial charge is 0.481 e. The lowest BCUT2D eigenvalue weighted by molar-refractivity contribution is 0.189. The molecule has 150 valence electrons. The van der Waals surface area contributed by atoms with E-state index in [4.69, 9.17) is 20.9 Å². The van der Waals surface area contributed by atoms with Crippen molar-refractivity contribution in [2.24, 2.45) is 0 Å². The maximum atomic E-state index is 13.7. The van der Waals surface area contributed by atoms with Crippen molar-refractivity contribution in [1.29, 1.82) is 0 Å². The van der Waals surface area contributed by atoms with Crippen LogP contribution in [-0.2, 0) is 19.4 Å². The van der Waals surface area contributed by atoms with Crippen LogP contribution in [0.15, 0.2) is 47.1 Å². The summed E-state index contributed by atoms with van der Waals surface area (Å²) in [4.78, 5) is 4.30. The smallest absolute Gasteiger partial charge is 0.182 e. The predicted octanol–water partition coefficient (Wildman–Crippen LogP) is 5.00. The maximum Gasteiger partial charge on any atom is 0.182 e. The zero-order valence-electron chi connectivity index (χ0n) is 15.9. The first-order valence-corrected chi connectivity index (χ1v) is 10.3. The Morgan fingerprint density at radius 1 is 1.13 bits per heavy atom. The van der Waals surface area contributed by atoms with Crippen LogP contribution in [0.1, 0.15) is 28.7 Å². The number of aromatic nitrogens is 2. The number of rotatable bonds is 2. The van der Waals surface area contributed by atoms with Gasteiger partial charge < -0.3 is 14.6 Å². The number of hydrogen-bond acceptors (Lipinski definition) is 5. The minimum absolute atomic E-state index is 0.251. The highest BCUT2D eigenvalue weighted by atomic mass is 35.5. The van der Waals surface area contributed by atoms with Crippen LogP contribution >= 0.6 is 11.6 Å². The van der Waals surface area contributed by atoms with Gasteiger partial charge in [0.2, 0.25) is 0 Å². The van der Waals surface area contributed by atoms with Gasteiger partial charge in [-0.05, 0) is 35.9 Å². The first kappa shape index (κ1) is 17.9. The van der Waals surface area contributed by atoms with Gasteiger partial charge in [-0.1, -0.05) is 16.8 Å². The molecule has 2 aromatic heterocycles. The van der Waals surface area contributed by atoms with E-state index < -0.39 is 0 Å². The highest BCUT2D eigenvalue weighted by Crippen LogP contribution is 2.47.